The number of hydrogen-bond donors (Lipinski definition) is 2. The van der Waals surface area contributed by atoms with Crippen LogP contribution < -0.4 is 11.1 Å². The highest BCUT2D eigenvalue weighted by Gasteiger charge is 2.25. The lowest BCUT2D eigenvalue weighted by Gasteiger charge is -2.17. The maximum absolute atomic E-state index is 11.5. The van der Waals surface area contributed by atoms with Gasteiger partial charge in [0.1, 0.15) is 0 Å². The van der Waals surface area contributed by atoms with Gasteiger partial charge in [-0.05, 0) is 13.0 Å². The van der Waals surface area contributed by atoms with E-state index in [0.717, 1.165) is 5.41 Å². The average Bonchev–Trinajstić information content (AvgIpc) is 2.43. The van der Waals surface area contributed by atoms with Crippen LogP contribution in [0.5, 0.6) is 0 Å². The molecule has 15 heavy (non-hydrogen) atoms. The summed E-state index contributed by atoms with van der Waals surface area (Å²) in [5.41, 5.74) is 5.57. The molecule has 3 N–H and O–H groups in total. The Morgan fingerprint density at radius 2 is 2.13 bits per heavy atom. The molecule has 3 atom stereocenters. The van der Waals surface area contributed by atoms with Crippen LogP contribution in [0.1, 0.15) is 13.8 Å². The summed E-state index contributed by atoms with van der Waals surface area (Å²) >= 11 is 0. The second kappa shape index (κ2) is 4.32. The lowest BCUT2D eigenvalue weighted by molar-refractivity contribution is -0.125. The van der Waals surface area contributed by atoms with Crippen LogP contribution in [0.15, 0.2) is 11.5 Å². The summed E-state index contributed by atoms with van der Waals surface area (Å²) in [7, 11) is -3.11. The summed E-state index contributed by atoms with van der Waals surface area (Å²) in [4.78, 5) is 11.5. The van der Waals surface area contributed by atoms with Gasteiger partial charge in [-0.3, -0.25) is 4.79 Å². The van der Waals surface area contributed by atoms with Gasteiger partial charge in [-0.2, -0.15) is 0 Å². The van der Waals surface area contributed by atoms with Crippen molar-refractivity contribution in [3.05, 3.63) is 11.5 Å². The number of amides is 1. The van der Waals surface area contributed by atoms with Crippen LogP contribution in [-0.2, 0) is 14.6 Å². The molecule has 0 aromatic carbocycles. The molecule has 0 radical (unpaired) electrons. The van der Waals surface area contributed by atoms with Gasteiger partial charge in [0.2, 0.25) is 5.91 Å². The molecule has 1 heterocycles. The fourth-order valence-corrected chi connectivity index (χ4v) is 2.45. The van der Waals surface area contributed by atoms with Crippen molar-refractivity contribution in [1.29, 1.82) is 0 Å². The molecule has 0 fully saturated rings. The molecule has 0 saturated carbocycles. The first-order chi connectivity index (χ1) is 6.82. The Morgan fingerprint density at radius 3 is 2.53 bits per heavy atom. The largest absolute Gasteiger partial charge is 0.349 e. The Morgan fingerprint density at radius 1 is 1.53 bits per heavy atom. The Labute approximate surface area is 89.6 Å². The van der Waals surface area contributed by atoms with Crippen molar-refractivity contribution < 1.29 is 13.2 Å². The predicted molar refractivity (Wildman–Crippen MR) is 57.7 cm³/mol. The number of hydrogen-bond acceptors (Lipinski definition) is 4. The molecule has 1 rings (SSSR count). The fourth-order valence-electron chi connectivity index (χ4n) is 1.22. The van der Waals surface area contributed by atoms with E-state index in [1.54, 1.807) is 13.8 Å². The normalized spacial score (nSPS) is 27.3. The summed E-state index contributed by atoms with van der Waals surface area (Å²) in [5.74, 6) is -0.580. The number of rotatable bonds is 3. The van der Waals surface area contributed by atoms with Crippen LogP contribution in [0, 0.1) is 5.92 Å². The van der Waals surface area contributed by atoms with Crippen LogP contribution in [0.3, 0.4) is 0 Å². The van der Waals surface area contributed by atoms with E-state index >= 15 is 0 Å². The molecule has 0 aromatic rings. The summed E-state index contributed by atoms with van der Waals surface area (Å²) in [6, 6.07) is -0.657. The van der Waals surface area contributed by atoms with Crippen molar-refractivity contribution >= 4 is 15.7 Å². The molecule has 86 valence electrons. The van der Waals surface area contributed by atoms with Gasteiger partial charge >= 0.3 is 0 Å². The molecular formula is C9H16N2O3S. The zero-order valence-corrected chi connectivity index (χ0v) is 9.62. The molecule has 1 aliphatic rings. The first-order valence-corrected chi connectivity index (χ1v) is 6.50. The van der Waals surface area contributed by atoms with Gasteiger partial charge in [0, 0.05) is 17.4 Å². The third-order valence-corrected chi connectivity index (χ3v) is 3.86. The minimum atomic E-state index is -3.11. The number of sulfone groups is 1. The predicted octanol–water partition coefficient (Wildman–Crippen LogP) is -0.603. The zero-order valence-electron chi connectivity index (χ0n) is 8.80. The maximum Gasteiger partial charge on any atom is 0.224 e. The van der Waals surface area contributed by atoms with Gasteiger partial charge in [-0.1, -0.05) is 6.92 Å². The molecule has 0 aliphatic carbocycles. The first-order valence-electron chi connectivity index (χ1n) is 4.79. The smallest absolute Gasteiger partial charge is 0.224 e. The van der Waals surface area contributed by atoms with Crippen molar-refractivity contribution in [3.8, 4) is 0 Å². The molecule has 0 saturated heterocycles. The Hall–Kier alpha value is -0.880. The highest BCUT2D eigenvalue weighted by Crippen LogP contribution is 2.09. The van der Waals surface area contributed by atoms with Crippen molar-refractivity contribution in [1.82, 2.24) is 5.32 Å². The van der Waals surface area contributed by atoms with E-state index in [2.05, 4.69) is 5.32 Å². The molecule has 0 aromatic heterocycles. The van der Waals surface area contributed by atoms with Crippen molar-refractivity contribution in [2.75, 3.05) is 5.75 Å². The van der Waals surface area contributed by atoms with Crippen molar-refractivity contribution in [2.24, 2.45) is 11.7 Å². The lowest BCUT2D eigenvalue weighted by atomic mass is 10.0. The summed E-state index contributed by atoms with van der Waals surface area (Å²) in [6.45, 7) is 3.46. The van der Waals surface area contributed by atoms with E-state index in [-0.39, 0.29) is 23.6 Å². The number of carbonyl (C=O) groups is 1. The van der Waals surface area contributed by atoms with Gasteiger partial charge in [0.15, 0.2) is 9.84 Å². The lowest BCUT2D eigenvalue weighted by Crippen LogP contribution is -2.43. The van der Waals surface area contributed by atoms with E-state index in [0.29, 0.717) is 0 Å². The molecular weight excluding hydrogens is 216 g/mol. The van der Waals surface area contributed by atoms with Crippen LogP contribution >= 0.6 is 0 Å². The second-order valence-electron chi connectivity index (χ2n) is 3.92. The number of nitrogens with one attached hydrogen (secondary N) is 1. The van der Waals surface area contributed by atoms with E-state index in [1.165, 1.54) is 6.08 Å². The Bertz CT molecular complexity index is 373. The van der Waals surface area contributed by atoms with Crippen molar-refractivity contribution in [2.45, 2.75) is 25.9 Å². The molecule has 5 nitrogen and oxygen atoms in total. The fraction of sp³-hybridized carbons (Fsp3) is 0.667. The van der Waals surface area contributed by atoms with E-state index in [9.17, 15) is 13.2 Å². The first kappa shape index (κ1) is 12.2. The van der Waals surface area contributed by atoms with Gasteiger partial charge in [-0.15, -0.1) is 0 Å². The van der Waals surface area contributed by atoms with Crippen LogP contribution in [-0.4, -0.2) is 32.2 Å². The highest BCUT2D eigenvalue weighted by molar-refractivity contribution is 7.94. The minimum Gasteiger partial charge on any atom is -0.349 e. The van der Waals surface area contributed by atoms with Crippen LogP contribution in [0.25, 0.3) is 0 Å². The molecule has 0 spiro atoms. The van der Waals surface area contributed by atoms with E-state index < -0.39 is 15.9 Å². The Balaban J connectivity index is 2.52. The van der Waals surface area contributed by atoms with Gasteiger partial charge < -0.3 is 11.1 Å². The quantitative estimate of drug-likeness (QED) is 0.679. The van der Waals surface area contributed by atoms with Crippen LogP contribution in [0.2, 0.25) is 0 Å². The molecule has 3 unspecified atom stereocenters. The molecule has 0 bridgehead atoms. The third-order valence-electron chi connectivity index (χ3n) is 2.46. The van der Waals surface area contributed by atoms with E-state index in [1.807, 2.05) is 0 Å². The third kappa shape index (κ3) is 3.32. The van der Waals surface area contributed by atoms with Gasteiger partial charge in [0.25, 0.3) is 0 Å². The number of nitrogens with two attached hydrogens (primary N) is 1. The van der Waals surface area contributed by atoms with Gasteiger partial charge in [0.05, 0.1) is 11.8 Å². The topological polar surface area (TPSA) is 89.3 Å². The van der Waals surface area contributed by atoms with Crippen molar-refractivity contribution in [3.63, 3.8) is 0 Å². The molecule has 1 aliphatic heterocycles. The summed E-state index contributed by atoms with van der Waals surface area (Å²) in [6.07, 6.45) is 1.49. The average molecular weight is 232 g/mol. The molecule has 6 heteroatoms. The van der Waals surface area contributed by atoms with E-state index in [4.69, 9.17) is 5.73 Å². The highest BCUT2D eigenvalue weighted by atomic mass is 32.2. The maximum atomic E-state index is 11.5. The molecule has 1 amide bonds. The van der Waals surface area contributed by atoms with Crippen LogP contribution in [0.4, 0.5) is 0 Å². The zero-order chi connectivity index (χ0) is 11.6. The summed E-state index contributed by atoms with van der Waals surface area (Å²) < 4.78 is 22.1. The standard InChI is InChI=1S/C9H16N2O3S/c1-6(7(2)10)9(12)11-8-3-4-15(13,14)5-8/h3-4,6-8H,5,10H2,1-2H3,(H,11,12). The van der Waals surface area contributed by atoms with Gasteiger partial charge in [-0.25, -0.2) is 8.42 Å². The minimum absolute atomic E-state index is 0.0512. The monoisotopic (exact) mass is 232 g/mol. The number of carbonyl (C=O) groups excluding carboxylic acids is 1. The second-order valence-corrected chi connectivity index (χ2v) is 5.85. The summed E-state index contributed by atoms with van der Waals surface area (Å²) in [5, 5.41) is 3.76. The SMILES string of the molecule is CC(N)C(C)C(=O)NC1C=CS(=O)(=O)C1. The Kier molecular flexibility index (Phi) is 3.51.